The van der Waals surface area contributed by atoms with E-state index in [0.29, 0.717) is 31.0 Å². The second-order valence-electron chi connectivity index (χ2n) is 10.2. The van der Waals surface area contributed by atoms with Crippen LogP contribution >= 0.6 is 0 Å². The number of likely N-dealkylation sites (N-methyl/N-ethyl adjacent to an activating group) is 1. The highest BCUT2D eigenvalue weighted by Crippen LogP contribution is 2.19. The summed E-state index contributed by atoms with van der Waals surface area (Å²) < 4.78 is 11.6. The van der Waals surface area contributed by atoms with Crippen LogP contribution in [0.25, 0.3) is 0 Å². The normalized spacial score (nSPS) is 18.6. The van der Waals surface area contributed by atoms with Gasteiger partial charge in [0.25, 0.3) is 5.91 Å². The molecule has 0 unspecified atom stereocenters. The van der Waals surface area contributed by atoms with Gasteiger partial charge in [-0.3, -0.25) is 19.2 Å². The van der Waals surface area contributed by atoms with Crippen LogP contribution in [0.3, 0.4) is 0 Å². The van der Waals surface area contributed by atoms with Crippen LogP contribution in [0.2, 0.25) is 0 Å². The maximum atomic E-state index is 13.3. The van der Waals surface area contributed by atoms with Gasteiger partial charge in [-0.25, -0.2) is 0 Å². The Kier molecular flexibility index (Phi) is 11.4. The Balaban J connectivity index is 1.78. The standard InChI is InChI=1S/C30H40N4O6/c1-5-34-15-17-40-26-9-7-6-8-23(26)28(36)33-24(19-27(35)32-25(30(34)38)18-20(2)3)29(37)31-14-16-39-22-12-10-21(4)11-13-22/h6-13,20,24-25H,5,14-19H2,1-4H3,(H,31,37)(H,32,35)(H,33,36)/t24-,25-/m0/s1. The number of para-hydroxylation sites is 1. The van der Waals surface area contributed by atoms with E-state index in [4.69, 9.17) is 9.47 Å². The lowest BCUT2D eigenvalue weighted by atomic mass is 10.0. The predicted molar refractivity (Wildman–Crippen MR) is 151 cm³/mol. The number of carbonyl (C=O) groups excluding carboxylic acids is 4. The van der Waals surface area contributed by atoms with Gasteiger partial charge in [-0.2, -0.15) is 0 Å². The van der Waals surface area contributed by atoms with Crippen LogP contribution in [-0.4, -0.2) is 73.5 Å². The zero-order valence-corrected chi connectivity index (χ0v) is 23.7. The third-order valence-electron chi connectivity index (χ3n) is 6.49. The molecule has 0 spiro atoms. The van der Waals surface area contributed by atoms with Crippen molar-refractivity contribution in [2.75, 3.05) is 32.8 Å². The number of ether oxygens (including phenoxy) is 2. The lowest BCUT2D eigenvalue weighted by molar-refractivity contribution is -0.137. The molecule has 1 heterocycles. The number of amides is 4. The summed E-state index contributed by atoms with van der Waals surface area (Å²) in [6.07, 6.45) is 0.0950. The van der Waals surface area contributed by atoms with E-state index in [1.54, 1.807) is 29.2 Å². The molecule has 0 saturated carbocycles. The molecule has 2 aromatic carbocycles. The fraction of sp³-hybridized carbons (Fsp3) is 0.467. The van der Waals surface area contributed by atoms with Gasteiger partial charge in [-0.1, -0.05) is 43.7 Å². The van der Waals surface area contributed by atoms with Crippen LogP contribution in [0.5, 0.6) is 11.5 Å². The first-order valence-corrected chi connectivity index (χ1v) is 13.8. The van der Waals surface area contributed by atoms with Crippen molar-refractivity contribution >= 4 is 23.6 Å². The molecule has 0 aliphatic carbocycles. The van der Waals surface area contributed by atoms with E-state index in [-0.39, 0.29) is 43.6 Å². The molecule has 10 nitrogen and oxygen atoms in total. The molecule has 2 aromatic rings. The minimum Gasteiger partial charge on any atom is -0.492 e. The molecule has 4 amide bonds. The largest absolute Gasteiger partial charge is 0.492 e. The highest BCUT2D eigenvalue weighted by molar-refractivity contribution is 6.01. The quantitative estimate of drug-likeness (QED) is 0.432. The Morgan fingerprint density at radius 1 is 1.10 bits per heavy atom. The van der Waals surface area contributed by atoms with Crippen LogP contribution in [0.1, 0.15) is 49.5 Å². The van der Waals surface area contributed by atoms with Gasteiger partial charge in [0.15, 0.2) is 0 Å². The van der Waals surface area contributed by atoms with Gasteiger partial charge in [-0.05, 0) is 50.5 Å². The average Bonchev–Trinajstić information content (AvgIpc) is 2.92. The van der Waals surface area contributed by atoms with Crippen molar-refractivity contribution in [3.8, 4) is 11.5 Å². The number of hydrogen-bond acceptors (Lipinski definition) is 6. The summed E-state index contributed by atoms with van der Waals surface area (Å²) in [4.78, 5) is 54.5. The Morgan fingerprint density at radius 3 is 2.52 bits per heavy atom. The van der Waals surface area contributed by atoms with Gasteiger partial charge < -0.3 is 30.3 Å². The van der Waals surface area contributed by atoms with E-state index < -0.39 is 29.8 Å². The van der Waals surface area contributed by atoms with Crippen LogP contribution < -0.4 is 25.4 Å². The summed E-state index contributed by atoms with van der Waals surface area (Å²) >= 11 is 0. The van der Waals surface area contributed by atoms with E-state index in [2.05, 4.69) is 16.0 Å². The third kappa shape index (κ3) is 9.00. The Hall–Kier alpha value is -4.08. The molecule has 3 N–H and O–H groups in total. The first-order valence-electron chi connectivity index (χ1n) is 13.8. The number of benzene rings is 2. The number of fused-ring (bicyclic) bond motifs is 1. The molecule has 0 bridgehead atoms. The van der Waals surface area contributed by atoms with Crippen LogP contribution in [0, 0.1) is 12.8 Å². The van der Waals surface area contributed by atoms with E-state index in [0.717, 1.165) is 5.56 Å². The Labute approximate surface area is 235 Å². The van der Waals surface area contributed by atoms with E-state index in [1.807, 2.05) is 52.0 Å². The van der Waals surface area contributed by atoms with Crippen LogP contribution in [0.15, 0.2) is 48.5 Å². The lowest BCUT2D eigenvalue weighted by Gasteiger charge is -2.29. The molecule has 40 heavy (non-hydrogen) atoms. The smallest absolute Gasteiger partial charge is 0.255 e. The SMILES string of the molecule is CCN1CCOc2ccccc2C(=O)N[C@H](C(=O)NCCOc2ccc(C)cc2)CC(=O)N[C@@H](CC(C)C)C1=O. The summed E-state index contributed by atoms with van der Waals surface area (Å²) in [7, 11) is 0. The zero-order valence-electron chi connectivity index (χ0n) is 23.7. The summed E-state index contributed by atoms with van der Waals surface area (Å²) in [6, 6.07) is 12.3. The third-order valence-corrected chi connectivity index (χ3v) is 6.49. The van der Waals surface area contributed by atoms with Gasteiger partial charge in [0.1, 0.15) is 36.8 Å². The first kappa shape index (κ1) is 30.5. The van der Waals surface area contributed by atoms with Crippen molar-refractivity contribution in [3.63, 3.8) is 0 Å². The minimum absolute atomic E-state index is 0.141. The number of aryl methyl sites for hydroxylation is 1. The van der Waals surface area contributed by atoms with Crippen LogP contribution in [0.4, 0.5) is 0 Å². The van der Waals surface area contributed by atoms with Gasteiger partial charge in [-0.15, -0.1) is 0 Å². The monoisotopic (exact) mass is 552 g/mol. The Bertz CT molecular complexity index is 1170. The van der Waals surface area contributed by atoms with Gasteiger partial charge >= 0.3 is 0 Å². The molecule has 3 rings (SSSR count). The summed E-state index contributed by atoms with van der Waals surface area (Å²) in [5.74, 6) is -0.660. The predicted octanol–water partition coefficient (Wildman–Crippen LogP) is 2.45. The fourth-order valence-corrected chi connectivity index (χ4v) is 4.37. The fourth-order valence-electron chi connectivity index (χ4n) is 4.37. The number of nitrogens with zero attached hydrogens (tertiary/aromatic N) is 1. The topological polar surface area (TPSA) is 126 Å². The van der Waals surface area contributed by atoms with Gasteiger partial charge in [0.2, 0.25) is 17.7 Å². The highest BCUT2D eigenvalue weighted by atomic mass is 16.5. The number of rotatable bonds is 8. The molecule has 0 radical (unpaired) electrons. The van der Waals surface area contributed by atoms with E-state index in [1.165, 1.54) is 0 Å². The van der Waals surface area contributed by atoms with E-state index >= 15 is 0 Å². The second-order valence-corrected chi connectivity index (χ2v) is 10.2. The molecule has 0 fully saturated rings. The van der Waals surface area contributed by atoms with E-state index in [9.17, 15) is 19.2 Å². The summed E-state index contributed by atoms with van der Waals surface area (Å²) in [5.41, 5.74) is 1.34. The van der Waals surface area contributed by atoms with Crippen molar-refractivity contribution in [2.45, 2.75) is 52.6 Å². The molecule has 0 aromatic heterocycles. The maximum absolute atomic E-state index is 13.3. The van der Waals surface area contributed by atoms with Crippen molar-refractivity contribution in [1.29, 1.82) is 0 Å². The molecule has 1 aliphatic rings. The maximum Gasteiger partial charge on any atom is 0.255 e. The number of carbonyl (C=O) groups is 4. The van der Waals surface area contributed by atoms with Crippen molar-refractivity contribution in [2.24, 2.45) is 5.92 Å². The summed E-state index contributed by atoms with van der Waals surface area (Å²) in [6.45, 7) is 9.04. The average molecular weight is 553 g/mol. The second kappa shape index (κ2) is 14.9. The summed E-state index contributed by atoms with van der Waals surface area (Å²) in [5, 5.41) is 8.22. The van der Waals surface area contributed by atoms with Crippen molar-refractivity contribution < 1.29 is 28.7 Å². The van der Waals surface area contributed by atoms with Crippen molar-refractivity contribution in [3.05, 3.63) is 59.7 Å². The molecule has 0 saturated heterocycles. The van der Waals surface area contributed by atoms with Crippen molar-refractivity contribution in [1.82, 2.24) is 20.9 Å². The van der Waals surface area contributed by atoms with Crippen LogP contribution in [-0.2, 0) is 14.4 Å². The Morgan fingerprint density at radius 2 is 1.82 bits per heavy atom. The molecule has 1 aliphatic heterocycles. The number of nitrogens with one attached hydrogen (secondary N) is 3. The first-order chi connectivity index (χ1) is 19.2. The molecule has 2 atom stereocenters. The molecular formula is C30H40N4O6. The zero-order chi connectivity index (χ0) is 29.1. The van der Waals surface area contributed by atoms with Gasteiger partial charge in [0, 0.05) is 6.54 Å². The lowest BCUT2D eigenvalue weighted by Crippen LogP contribution is -2.53. The number of hydrogen-bond donors (Lipinski definition) is 3. The highest BCUT2D eigenvalue weighted by Gasteiger charge is 2.30. The molecule has 216 valence electrons. The molecular weight excluding hydrogens is 512 g/mol. The minimum atomic E-state index is -1.18. The van der Waals surface area contributed by atoms with Gasteiger partial charge in [0.05, 0.1) is 25.1 Å². The molecule has 10 heteroatoms.